The van der Waals surface area contributed by atoms with Gasteiger partial charge in [-0.3, -0.25) is 4.57 Å². The molecule has 0 fully saturated rings. The smallest absolute Gasteiger partial charge is 0.147 e. The normalized spacial score (nSPS) is 12.3. The Kier molecular flexibility index (Phi) is 5.89. The van der Waals surface area contributed by atoms with E-state index in [2.05, 4.69) is 111 Å². The highest BCUT2D eigenvalue weighted by Crippen LogP contribution is 2.43. The predicted molar refractivity (Wildman–Crippen MR) is 180 cm³/mol. The number of benzene rings is 5. The zero-order chi connectivity index (χ0) is 29.4. The molecule has 210 valence electrons. The molecule has 0 atom stereocenters. The number of thiophene rings is 1. The summed E-state index contributed by atoms with van der Waals surface area (Å²) in [5, 5.41) is 5.33. The van der Waals surface area contributed by atoms with E-state index in [9.17, 15) is 4.39 Å². The average molecular weight is 580 g/mol. The summed E-state index contributed by atoms with van der Waals surface area (Å²) in [5.74, 6) is 1.33. The van der Waals surface area contributed by atoms with Crippen LogP contribution in [-0.2, 0) is 0 Å². The van der Waals surface area contributed by atoms with Crippen LogP contribution in [0.2, 0.25) is 0 Å². The summed E-state index contributed by atoms with van der Waals surface area (Å²) in [7, 11) is 0. The molecule has 3 heterocycles. The van der Waals surface area contributed by atoms with Crippen molar-refractivity contribution < 1.29 is 4.39 Å². The van der Waals surface area contributed by atoms with Crippen LogP contribution in [0.25, 0.3) is 70.1 Å². The molecule has 43 heavy (non-hydrogen) atoms. The molecule has 0 saturated heterocycles. The third-order valence-electron chi connectivity index (χ3n) is 8.57. The molecular formula is C38H30FN3S. The molecule has 0 aliphatic rings. The Morgan fingerprint density at radius 3 is 2.12 bits per heavy atom. The number of rotatable bonds is 4. The van der Waals surface area contributed by atoms with E-state index in [1.807, 2.05) is 0 Å². The lowest BCUT2D eigenvalue weighted by atomic mass is 9.92. The number of halogens is 1. The molecule has 0 bridgehead atoms. The van der Waals surface area contributed by atoms with Gasteiger partial charge < -0.3 is 0 Å². The highest BCUT2D eigenvalue weighted by atomic mass is 32.1. The fourth-order valence-electron chi connectivity index (χ4n) is 6.47. The number of hydrogen-bond donors (Lipinski definition) is 0. The number of aromatic nitrogens is 3. The van der Waals surface area contributed by atoms with Crippen LogP contribution in [0.15, 0.2) is 97.1 Å². The fourth-order valence-corrected chi connectivity index (χ4v) is 7.65. The summed E-state index contributed by atoms with van der Waals surface area (Å²) in [6.45, 7) is 9.07. The van der Waals surface area contributed by atoms with Crippen LogP contribution >= 0.6 is 11.3 Å². The lowest BCUT2D eigenvalue weighted by Crippen LogP contribution is -2.08. The molecule has 8 rings (SSSR count). The molecule has 3 nitrogen and oxygen atoms in total. The maximum absolute atomic E-state index is 14.1. The van der Waals surface area contributed by atoms with Gasteiger partial charge in [-0.1, -0.05) is 82.3 Å². The predicted octanol–water partition coefficient (Wildman–Crippen LogP) is 11.1. The first-order chi connectivity index (χ1) is 20.9. The number of hydrogen-bond acceptors (Lipinski definition) is 3. The molecule has 0 unspecified atom stereocenters. The van der Waals surface area contributed by atoms with Gasteiger partial charge >= 0.3 is 0 Å². The maximum atomic E-state index is 14.1. The minimum atomic E-state index is -0.250. The molecule has 0 radical (unpaired) electrons. The largest absolute Gasteiger partial charge is 0.292 e. The van der Waals surface area contributed by atoms with Crippen molar-refractivity contribution in [2.45, 2.75) is 39.5 Å². The molecule has 0 spiro atoms. The average Bonchev–Trinajstić information content (AvgIpc) is 3.55. The third-order valence-corrected chi connectivity index (χ3v) is 9.72. The summed E-state index contributed by atoms with van der Waals surface area (Å²) in [4.78, 5) is 11.3. The second kappa shape index (κ2) is 9.72. The quantitative estimate of drug-likeness (QED) is 0.208. The fraction of sp³-hybridized carbons (Fsp3) is 0.158. The van der Waals surface area contributed by atoms with Gasteiger partial charge in [0.1, 0.15) is 16.5 Å². The lowest BCUT2D eigenvalue weighted by Gasteiger charge is -2.22. The van der Waals surface area contributed by atoms with Crippen molar-refractivity contribution in [3.63, 3.8) is 0 Å². The molecule has 3 aromatic heterocycles. The second-order valence-corrected chi connectivity index (χ2v) is 13.0. The first-order valence-corrected chi connectivity index (χ1v) is 15.7. The van der Waals surface area contributed by atoms with Crippen LogP contribution in [0.1, 0.15) is 50.7 Å². The first-order valence-electron chi connectivity index (χ1n) is 14.8. The SMILES string of the molecule is CC(C)c1cccc(C(C)C)c1-n1c(-c2cccc3c2sc2nc4ccc(F)cc4cc23)nc2cc3ccccc3cc21. The Morgan fingerprint density at radius 1 is 0.651 bits per heavy atom. The van der Waals surface area contributed by atoms with Gasteiger partial charge in [-0.15, -0.1) is 11.3 Å². The maximum Gasteiger partial charge on any atom is 0.147 e. The topological polar surface area (TPSA) is 30.7 Å². The first kappa shape index (κ1) is 26.1. The van der Waals surface area contributed by atoms with Crippen LogP contribution < -0.4 is 0 Å². The van der Waals surface area contributed by atoms with E-state index in [4.69, 9.17) is 9.97 Å². The van der Waals surface area contributed by atoms with E-state index in [0.717, 1.165) is 53.6 Å². The van der Waals surface area contributed by atoms with E-state index in [0.29, 0.717) is 11.8 Å². The summed E-state index contributed by atoms with van der Waals surface area (Å²) < 4.78 is 17.7. The van der Waals surface area contributed by atoms with Gasteiger partial charge in [0.15, 0.2) is 0 Å². The summed E-state index contributed by atoms with van der Waals surface area (Å²) in [6, 6.07) is 33.0. The molecule has 0 amide bonds. The standard InChI is InChI=1S/C38H30FN3S/c1-21(2)27-11-7-12-28(22(3)4)35(27)42-34-20-24-10-6-5-9-23(24)19-33(34)40-37(42)30-14-8-13-29-31-18-25-17-26(39)15-16-32(25)41-38(31)43-36(29)30/h5-22H,1-4H3. The van der Waals surface area contributed by atoms with Crippen LogP contribution in [-0.4, -0.2) is 14.5 Å². The summed E-state index contributed by atoms with van der Waals surface area (Å²) in [6.07, 6.45) is 0. The molecule has 0 aliphatic carbocycles. The highest BCUT2D eigenvalue weighted by molar-refractivity contribution is 7.26. The van der Waals surface area contributed by atoms with Crippen molar-refractivity contribution in [3.05, 3.63) is 114 Å². The minimum Gasteiger partial charge on any atom is -0.292 e. The molecule has 5 aromatic carbocycles. The van der Waals surface area contributed by atoms with Gasteiger partial charge in [-0.2, -0.15) is 0 Å². The van der Waals surface area contributed by atoms with Crippen molar-refractivity contribution >= 4 is 64.3 Å². The van der Waals surface area contributed by atoms with Crippen LogP contribution in [0, 0.1) is 5.82 Å². The van der Waals surface area contributed by atoms with E-state index in [1.54, 1.807) is 23.5 Å². The monoisotopic (exact) mass is 579 g/mol. The van der Waals surface area contributed by atoms with Crippen molar-refractivity contribution in [2.24, 2.45) is 0 Å². The van der Waals surface area contributed by atoms with Gasteiger partial charge in [0, 0.05) is 26.4 Å². The number of nitrogens with zero attached hydrogens (tertiary/aromatic N) is 3. The van der Waals surface area contributed by atoms with Crippen molar-refractivity contribution in [1.82, 2.24) is 14.5 Å². The van der Waals surface area contributed by atoms with Crippen molar-refractivity contribution in [3.8, 4) is 17.1 Å². The van der Waals surface area contributed by atoms with Gasteiger partial charge in [-0.05, 0) is 76.2 Å². The van der Waals surface area contributed by atoms with Gasteiger partial charge in [0.05, 0.1) is 22.2 Å². The lowest BCUT2D eigenvalue weighted by molar-refractivity contribution is 0.629. The summed E-state index contributed by atoms with van der Waals surface area (Å²) in [5.41, 5.74) is 7.77. The van der Waals surface area contributed by atoms with Crippen LogP contribution in [0.3, 0.4) is 0 Å². The molecule has 5 heteroatoms. The summed E-state index contributed by atoms with van der Waals surface area (Å²) >= 11 is 1.68. The van der Waals surface area contributed by atoms with E-state index < -0.39 is 0 Å². The Bertz CT molecular complexity index is 2350. The second-order valence-electron chi connectivity index (χ2n) is 12.0. The minimum absolute atomic E-state index is 0.250. The molecule has 0 N–H and O–H groups in total. The number of fused-ring (bicyclic) bond motifs is 6. The number of pyridine rings is 1. The number of imidazole rings is 1. The molecular weight excluding hydrogens is 550 g/mol. The highest BCUT2D eigenvalue weighted by Gasteiger charge is 2.24. The van der Waals surface area contributed by atoms with Gasteiger partial charge in [-0.25, -0.2) is 14.4 Å². The van der Waals surface area contributed by atoms with Gasteiger partial charge in [0.2, 0.25) is 0 Å². The Balaban J connectivity index is 1.51. The zero-order valence-electron chi connectivity index (χ0n) is 24.5. The molecule has 0 saturated carbocycles. The van der Waals surface area contributed by atoms with E-state index in [-0.39, 0.29) is 5.82 Å². The molecule has 8 aromatic rings. The van der Waals surface area contributed by atoms with Crippen molar-refractivity contribution in [1.29, 1.82) is 0 Å². The van der Waals surface area contributed by atoms with Crippen LogP contribution in [0.4, 0.5) is 4.39 Å². The number of para-hydroxylation sites is 1. The zero-order valence-corrected chi connectivity index (χ0v) is 25.3. The van der Waals surface area contributed by atoms with Crippen molar-refractivity contribution in [2.75, 3.05) is 0 Å². The third kappa shape index (κ3) is 4.06. The Morgan fingerprint density at radius 2 is 1.37 bits per heavy atom. The van der Waals surface area contributed by atoms with Crippen LogP contribution in [0.5, 0.6) is 0 Å². The molecule has 0 aliphatic heterocycles. The Hall–Kier alpha value is -4.61. The Labute approximate surface area is 253 Å². The van der Waals surface area contributed by atoms with E-state index >= 15 is 0 Å². The van der Waals surface area contributed by atoms with Gasteiger partial charge in [0.25, 0.3) is 0 Å². The van der Waals surface area contributed by atoms with E-state index in [1.165, 1.54) is 33.7 Å².